The summed E-state index contributed by atoms with van der Waals surface area (Å²) in [7, 11) is 0. The fourth-order valence-electron chi connectivity index (χ4n) is 3.24. The maximum Gasteiger partial charge on any atom is 0.0671 e. The molecule has 5 atom stereocenters. The molecule has 92 valence electrons. The maximum absolute atomic E-state index is 5.54. The van der Waals surface area contributed by atoms with Crippen LogP contribution in [0.3, 0.4) is 0 Å². The van der Waals surface area contributed by atoms with Crippen LogP contribution in [0.5, 0.6) is 0 Å². The van der Waals surface area contributed by atoms with Gasteiger partial charge in [0.2, 0.25) is 0 Å². The molecule has 1 saturated carbocycles. The third-order valence-electron chi connectivity index (χ3n) is 4.15. The second-order valence-corrected chi connectivity index (χ2v) is 5.41. The Morgan fingerprint density at radius 3 is 2.69 bits per heavy atom. The summed E-state index contributed by atoms with van der Waals surface area (Å²) in [5.74, 6) is 2.57. The molecular weight excluding hydrogens is 198 g/mol. The number of hydrogen-bond donors (Lipinski definition) is 1. The lowest BCUT2D eigenvalue weighted by Gasteiger charge is -2.27. The minimum absolute atomic E-state index is 0.335. The molecule has 5 unspecified atom stereocenters. The molecule has 0 aromatic carbocycles. The molecule has 2 nitrogen and oxygen atoms in total. The zero-order valence-electron chi connectivity index (χ0n) is 10.8. The molecule has 0 aliphatic heterocycles. The van der Waals surface area contributed by atoms with Crippen molar-refractivity contribution in [3.05, 3.63) is 12.2 Å². The number of hydrogen-bond acceptors (Lipinski definition) is 2. The monoisotopic (exact) mass is 223 g/mol. The van der Waals surface area contributed by atoms with E-state index in [1.54, 1.807) is 0 Å². The van der Waals surface area contributed by atoms with Crippen LogP contribution >= 0.6 is 0 Å². The van der Waals surface area contributed by atoms with Gasteiger partial charge >= 0.3 is 0 Å². The molecule has 0 amide bonds. The summed E-state index contributed by atoms with van der Waals surface area (Å²) < 4.78 is 5.54. The predicted octanol–water partition coefficient (Wildman–Crippen LogP) is 2.60. The van der Waals surface area contributed by atoms with Gasteiger partial charge in [0.05, 0.1) is 6.10 Å². The largest absolute Gasteiger partial charge is 0.377 e. The molecule has 0 heterocycles. The first-order valence-electron chi connectivity index (χ1n) is 6.74. The Morgan fingerprint density at radius 2 is 2.12 bits per heavy atom. The summed E-state index contributed by atoms with van der Waals surface area (Å²) >= 11 is 0. The highest BCUT2D eigenvalue weighted by Crippen LogP contribution is 2.44. The summed E-state index contributed by atoms with van der Waals surface area (Å²) in [5, 5.41) is 3.64. The zero-order chi connectivity index (χ0) is 11.5. The van der Waals surface area contributed by atoms with Gasteiger partial charge in [0, 0.05) is 19.2 Å². The standard InChI is InChI=1S/C14H25NO/c1-4-16-10(2)9-15-11(3)14-8-12-5-6-13(14)7-12/h5-6,10-15H,4,7-9H2,1-3H3. The first-order chi connectivity index (χ1) is 7.70. The van der Waals surface area contributed by atoms with Crippen LogP contribution < -0.4 is 5.32 Å². The van der Waals surface area contributed by atoms with E-state index in [0.717, 1.165) is 30.9 Å². The third-order valence-corrected chi connectivity index (χ3v) is 4.15. The van der Waals surface area contributed by atoms with Crippen LogP contribution in [0, 0.1) is 17.8 Å². The van der Waals surface area contributed by atoms with Crippen LogP contribution in [0.4, 0.5) is 0 Å². The van der Waals surface area contributed by atoms with Gasteiger partial charge in [0.1, 0.15) is 0 Å². The van der Waals surface area contributed by atoms with E-state index < -0.39 is 0 Å². The van der Waals surface area contributed by atoms with Crippen molar-refractivity contribution in [2.45, 2.75) is 45.8 Å². The van der Waals surface area contributed by atoms with Crippen molar-refractivity contribution in [2.24, 2.45) is 17.8 Å². The molecule has 16 heavy (non-hydrogen) atoms. The van der Waals surface area contributed by atoms with Crippen LogP contribution in [0.1, 0.15) is 33.6 Å². The number of nitrogens with one attached hydrogen (secondary N) is 1. The van der Waals surface area contributed by atoms with Gasteiger partial charge in [0.15, 0.2) is 0 Å². The Labute approximate surface area is 99.4 Å². The summed E-state index contributed by atoms with van der Waals surface area (Å²) in [5.41, 5.74) is 0. The normalized spacial score (nSPS) is 35.6. The van der Waals surface area contributed by atoms with Gasteiger partial charge in [0.25, 0.3) is 0 Å². The van der Waals surface area contributed by atoms with Crippen LogP contribution in [0.15, 0.2) is 12.2 Å². The van der Waals surface area contributed by atoms with Crippen molar-refractivity contribution < 1.29 is 4.74 Å². The minimum Gasteiger partial charge on any atom is -0.377 e. The molecule has 1 N–H and O–H groups in total. The highest BCUT2D eigenvalue weighted by molar-refractivity contribution is 5.11. The summed E-state index contributed by atoms with van der Waals surface area (Å²) in [6.45, 7) is 8.32. The van der Waals surface area contributed by atoms with E-state index in [9.17, 15) is 0 Å². The third kappa shape index (κ3) is 2.67. The van der Waals surface area contributed by atoms with Crippen molar-refractivity contribution >= 4 is 0 Å². The predicted molar refractivity (Wildman–Crippen MR) is 67.4 cm³/mol. The fourth-order valence-corrected chi connectivity index (χ4v) is 3.24. The molecule has 2 heteroatoms. The molecule has 1 fully saturated rings. The van der Waals surface area contributed by atoms with Crippen LogP contribution in [0.2, 0.25) is 0 Å². The molecule has 0 aromatic rings. The second kappa shape index (κ2) is 5.33. The summed E-state index contributed by atoms with van der Waals surface area (Å²) in [4.78, 5) is 0. The minimum atomic E-state index is 0.335. The van der Waals surface area contributed by atoms with Crippen molar-refractivity contribution in [1.29, 1.82) is 0 Å². The molecule has 0 radical (unpaired) electrons. The molecule has 2 aliphatic carbocycles. The number of allylic oxidation sites excluding steroid dienone is 2. The van der Waals surface area contributed by atoms with Crippen LogP contribution in [0.25, 0.3) is 0 Å². The van der Waals surface area contributed by atoms with E-state index in [4.69, 9.17) is 4.74 Å². The Hall–Kier alpha value is -0.340. The molecule has 2 bridgehead atoms. The zero-order valence-corrected chi connectivity index (χ0v) is 10.8. The average Bonchev–Trinajstić information content (AvgIpc) is 2.88. The average molecular weight is 223 g/mol. The van der Waals surface area contributed by atoms with Crippen molar-refractivity contribution in [2.75, 3.05) is 13.2 Å². The van der Waals surface area contributed by atoms with Gasteiger partial charge in [-0.15, -0.1) is 0 Å². The molecule has 0 spiro atoms. The van der Waals surface area contributed by atoms with E-state index >= 15 is 0 Å². The number of fused-ring (bicyclic) bond motifs is 2. The van der Waals surface area contributed by atoms with Crippen molar-refractivity contribution in [3.8, 4) is 0 Å². The van der Waals surface area contributed by atoms with E-state index in [1.807, 2.05) is 0 Å². The molecular formula is C14H25NO. The quantitative estimate of drug-likeness (QED) is 0.699. The topological polar surface area (TPSA) is 21.3 Å². The van der Waals surface area contributed by atoms with Gasteiger partial charge in [-0.2, -0.15) is 0 Å². The molecule has 2 rings (SSSR count). The fraction of sp³-hybridized carbons (Fsp3) is 0.857. The molecule has 0 saturated heterocycles. The number of ether oxygens (including phenoxy) is 1. The highest BCUT2D eigenvalue weighted by atomic mass is 16.5. The van der Waals surface area contributed by atoms with Crippen molar-refractivity contribution in [3.63, 3.8) is 0 Å². The van der Waals surface area contributed by atoms with Gasteiger partial charge in [-0.1, -0.05) is 12.2 Å². The lowest BCUT2D eigenvalue weighted by atomic mass is 9.87. The Bertz CT molecular complexity index is 251. The second-order valence-electron chi connectivity index (χ2n) is 5.41. The lowest BCUT2D eigenvalue weighted by molar-refractivity contribution is 0.0721. The SMILES string of the molecule is CCOC(C)CNC(C)C1CC2C=CC1C2. The smallest absolute Gasteiger partial charge is 0.0671 e. The first-order valence-corrected chi connectivity index (χ1v) is 6.74. The lowest BCUT2D eigenvalue weighted by Crippen LogP contribution is -2.39. The maximum atomic E-state index is 5.54. The van der Waals surface area contributed by atoms with E-state index in [2.05, 4.69) is 38.2 Å². The first kappa shape index (κ1) is 12.1. The van der Waals surface area contributed by atoms with Crippen LogP contribution in [-0.4, -0.2) is 25.3 Å². The summed E-state index contributed by atoms with van der Waals surface area (Å²) in [6.07, 6.45) is 7.97. The molecule has 2 aliphatic rings. The Kier molecular flexibility index (Phi) is 4.04. The van der Waals surface area contributed by atoms with Crippen LogP contribution in [-0.2, 0) is 4.74 Å². The van der Waals surface area contributed by atoms with Gasteiger partial charge in [-0.05, 0) is 51.4 Å². The van der Waals surface area contributed by atoms with E-state index in [1.165, 1.54) is 12.8 Å². The van der Waals surface area contributed by atoms with E-state index in [0.29, 0.717) is 12.1 Å². The van der Waals surface area contributed by atoms with E-state index in [-0.39, 0.29) is 0 Å². The van der Waals surface area contributed by atoms with Gasteiger partial charge in [-0.3, -0.25) is 0 Å². The highest BCUT2D eigenvalue weighted by Gasteiger charge is 2.38. The Balaban J connectivity index is 1.72. The van der Waals surface area contributed by atoms with Gasteiger partial charge in [-0.25, -0.2) is 0 Å². The number of rotatable bonds is 6. The summed E-state index contributed by atoms with van der Waals surface area (Å²) in [6, 6.07) is 0.628. The van der Waals surface area contributed by atoms with Gasteiger partial charge < -0.3 is 10.1 Å². The Morgan fingerprint density at radius 1 is 1.31 bits per heavy atom. The van der Waals surface area contributed by atoms with Crippen molar-refractivity contribution in [1.82, 2.24) is 5.32 Å². The molecule has 0 aromatic heterocycles.